The number of aromatic amines is 2. The minimum atomic E-state index is 0.516. The normalized spacial score (nSPS) is 18.4. The van der Waals surface area contributed by atoms with E-state index in [0.717, 1.165) is 44.4 Å². The molecule has 2 aliphatic heterocycles. The monoisotopic (exact) mass is 529 g/mol. The van der Waals surface area contributed by atoms with Crippen molar-refractivity contribution in [2.24, 2.45) is 5.41 Å². The van der Waals surface area contributed by atoms with E-state index in [9.17, 15) is 0 Å². The van der Waals surface area contributed by atoms with Gasteiger partial charge in [0.1, 0.15) is 11.6 Å². The van der Waals surface area contributed by atoms with E-state index < -0.39 is 0 Å². The molecule has 0 atom stereocenters. The Morgan fingerprint density at radius 3 is 2.13 bits per heavy atom. The van der Waals surface area contributed by atoms with Gasteiger partial charge in [-0.05, 0) is 73.3 Å². The topological polar surface area (TPSA) is 67.1 Å². The van der Waals surface area contributed by atoms with E-state index in [1.54, 1.807) is 0 Å². The Bertz CT molecular complexity index is 1170. The van der Waals surface area contributed by atoms with E-state index in [1.165, 1.54) is 67.9 Å². The first-order valence-electron chi connectivity index (χ1n) is 14.0. The summed E-state index contributed by atoms with van der Waals surface area (Å²) in [5.74, 6) is 1.95. The van der Waals surface area contributed by atoms with E-state index in [1.807, 2.05) is 36.1 Å². The lowest BCUT2D eigenvalue weighted by Gasteiger charge is -2.47. The van der Waals surface area contributed by atoms with Crippen LogP contribution in [0.5, 0.6) is 0 Å². The molecule has 4 aromatic rings. The highest BCUT2D eigenvalue weighted by atomic mass is 32.1. The Labute approximate surface area is 229 Å². The van der Waals surface area contributed by atoms with Crippen molar-refractivity contribution in [2.75, 3.05) is 26.2 Å². The van der Waals surface area contributed by atoms with E-state index in [4.69, 9.17) is 0 Å². The van der Waals surface area contributed by atoms with Gasteiger partial charge in [-0.3, -0.25) is 14.7 Å². The summed E-state index contributed by atoms with van der Waals surface area (Å²) in [5.41, 5.74) is 3.26. The number of rotatable bonds is 10. The molecule has 0 amide bonds. The number of imidazole rings is 2. The minimum absolute atomic E-state index is 0.516. The fourth-order valence-electron chi connectivity index (χ4n) is 6.29. The number of nitrogens with zero attached hydrogens (tertiary/aromatic N) is 5. The summed E-state index contributed by atoms with van der Waals surface area (Å²) >= 11 is 1.89. The average Bonchev–Trinajstić information content (AvgIpc) is 3.72. The van der Waals surface area contributed by atoms with Gasteiger partial charge in [0, 0.05) is 55.8 Å². The van der Waals surface area contributed by atoms with Crippen LogP contribution < -0.4 is 0 Å². The molecule has 2 fully saturated rings. The molecule has 7 nitrogen and oxygen atoms in total. The molecule has 1 aromatic carbocycles. The maximum Gasteiger partial charge on any atom is 0.120 e. The number of hydrogen-bond donors (Lipinski definition) is 2. The Kier molecular flexibility index (Phi) is 8.02. The molecular formula is C30H39N7S. The van der Waals surface area contributed by atoms with Crippen LogP contribution >= 0.6 is 11.3 Å². The van der Waals surface area contributed by atoms with Crippen molar-refractivity contribution in [1.29, 1.82) is 0 Å². The van der Waals surface area contributed by atoms with E-state index in [2.05, 4.69) is 76.4 Å². The van der Waals surface area contributed by atoms with Gasteiger partial charge in [-0.25, -0.2) is 9.97 Å². The first-order valence-corrected chi connectivity index (χ1v) is 14.8. The molecule has 0 unspecified atom stereocenters. The van der Waals surface area contributed by atoms with Gasteiger partial charge in [-0.15, -0.1) is 11.3 Å². The maximum absolute atomic E-state index is 4.43. The van der Waals surface area contributed by atoms with Crippen LogP contribution in [0.2, 0.25) is 0 Å². The van der Waals surface area contributed by atoms with Crippen LogP contribution in [0.15, 0.2) is 66.6 Å². The third kappa shape index (κ3) is 6.61. The first kappa shape index (κ1) is 25.5. The number of aromatic nitrogens is 4. The number of thiophene rings is 1. The van der Waals surface area contributed by atoms with Gasteiger partial charge in [0.2, 0.25) is 0 Å². The SMILES string of the molecule is c1csc(CN2CCC3(CCCN(Cc4ccc(CN(Cc5ncc[nH]5)Cc5ncc[nH]5)cc4)C3)CC2)c1. The molecule has 2 N–H and O–H groups in total. The zero-order valence-electron chi connectivity index (χ0n) is 22.2. The smallest absolute Gasteiger partial charge is 0.120 e. The average molecular weight is 530 g/mol. The maximum atomic E-state index is 4.43. The Hall–Kier alpha value is -2.78. The van der Waals surface area contributed by atoms with Crippen LogP contribution in [0.25, 0.3) is 0 Å². The van der Waals surface area contributed by atoms with E-state index in [-0.39, 0.29) is 0 Å². The van der Waals surface area contributed by atoms with Gasteiger partial charge in [0.05, 0.1) is 13.1 Å². The number of benzene rings is 1. The predicted molar refractivity (Wildman–Crippen MR) is 152 cm³/mol. The molecule has 2 saturated heterocycles. The van der Waals surface area contributed by atoms with Crippen LogP contribution in [-0.2, 0) is 32.7 Å². The highest BCUT2D eigenvalue weighted by molar-refractivity contribution is 7.09. The predicted octanol–water partition coefficient (Wildman–Crippen LogP) is 5.27. The van der Waals surface area contributed by atoms with Crippen molar-refractivity contribution < 1.29 is 0 Å². The molecule has 2 aliphatic rings. The lowest BCUT2D eigenvalue weighted by atomic mass is 9.72. The molecule has 8 heteroatoms. The molecule has 0 radical (unpaired) electrons. The number of likely N-dealkylation sites (tertiary alicyclic amines) is 2. The number of nitrogens with one attached hydrogen (secondary N) is 2. The van der Waals surface area contributed by atoms with Crippen molar-refractivity contribution in [3.05, 3.63) is 94.2 Å². The van der Waals surface area contributed by atoms with Gasteiger partial charge in [-0.1, -0.05) is 30.3 Å². The summed E-state index contributed by atoms with van der Waals surface area (Å²) in [5, 5.41) is 2.20. The number of H-pyrrole nitrogens is 2. The third-order valence-corrected chi connectivity index (χ3v) is 9.17. The summed E-state index contributed by atoms with van der Waals surface area (Å²) in [6.07, 6.45) is 12.8. The van der Waals surface area contributed by atoms with Gasteiger partial charge in [-0.2, -0.15) is 0 Å². The number of hydrogen-bond acceptors (Lipinski definition) is 6. The largest absolute Gasteiger partial charge is 0.348 e. The summed E-state index contributed by atoms with van der Waals surface area (Å²) in [6, 6.07) is 13.7. The summed E-state index contributed by atoms with van der Waals surface area (Å²) in [6.45, 7) is 9.53. The highest BCUT2D eigenvalue weighted by Gasteiger charge is 2.38. The van der Waals surface area contributed by atoms with Crippen molar-refractivity contribution >= 4 is 11.3 Å². The Morgan fingerprint density at radius 2 is 1.50 bits per heavy atom. The lowest BCUT2D eigenvalue weighted by Crippen LogP contribution is -2.49. The van der Waals surface area contributed by atoms with Crippen molar-refractivity contribution in [3.63, 3.8) is 0 Å². The molecule has 1 spiro atoms. The standard InChI is InChI=1S/C30H39N7S/c1-3-27(38-18-1)21-35-16-9-30(10-17-35)8-2-15-36(24-30)19-25-4-6-26(7-5-25)20-37(22-28-31-11-12-32-28)23-29-33-13-14-34-29/h1,3-7,11-14,18H,2,8-10,15-17,19-24H2,(H,31,32)(H,33,34). The molecule has 0 bridgehead atoms. The van der Waals surface area contributed by atoms with Crippen molar-refractivity contribution in [2.45, 2.75) is 58.4 Å². The Balaban J connectivity index is 1.02. The van der Waals surface area contributed by atoms with Gasteiger partial charge in [0.25, 0.3) is 0 Å². The summed E-state index contributed by atoms with van der Waals surface area (Å²) in [7, 11) is 0. The molecule has 0 saturated carbocycles. The molecule has 0 aliphatic carbocycles. The molecule has 6 rings (SSSR count). The highest BCUT2D eigenvalue weighted by Crippen LogP contribution is 2.40. The third-order valence-electron chi connectivity index (χ3n) is 8.31. The lowest BCUT2D eigenvalue weighted by molar-refractivity contribution is 0.0188. The second kappa shape index (κ2) is 11.9. The van der Waals surface area contributed by atoms with Crippen LogP contribution in [0.1, 0.15) is 53.3 Å². The quantitative estimate of drug-likeness (QED) is 0.293. The Morgan fingerprint density at radius 1 is 0.789 bits per heavy atom. The number of piperidine rings is 2. The zero-order valence-corrected chi connectivity index (χ0v) is 23.0. The van der Waals surface area contributed by atoms with Gasteiger partial charge < -0.3 is 9.97 Å². The van der Waals surface area contributed by atoms with Crippen molar-refractivity contribution in [3.8, 4) is 0 Å². The summed E-state index contributed by atoms with van der Waals surface area (Å²) in [4.78, 5) is 24.6. The van der Waals surface area contributed by atoms with Crippen LogP contribution in [0.3, 0.4) is 0 Å². The van der Waals surface area contributed by atoms with Crippen LogP contribution in [0, 0.1) is 5.41 Å². The molecular weight excluding hydrogens is 490 g/mol. The second-order valence-corrected chi connectivity index (χ2v) is 12.2. The minimum Gasteiger partial charge on any atom is -0.348 e. The second-order valence-electron chi connectivity index (χ2n) is 11.2. The molecule has 5 heterocycles. The fourth-order valence-corrected chi connectivity index (χ4v) is 7.03. The van der Waals surface area contributed by atoms with Crippen molar-refractivity contribution in [1.82, 2.24) is 34.6 Å². The fraction of sp³-hybridized carbons (Fsp3) is 0.467. The first-order chi connectivity index (χ1) is 18.7. The van der Waals surface area contributed by atoms with E-state index in [0.29, 0.717) is 5.41 Å². The van der Waals surface area contributed by atoms with Crippen LogP contribution in [0.4, 0.5) is 0 Å². The molecule has 3 aromatic heterocycles. The molecule has 200 valence electrons. The zero-order chi connectivity index (χ0) is 25.6. The summed E-state index contributed by atoms with van der Waals surface area (Å²) < 4.78 is 0. The van der Waals surface area contributed by atoms with Gasteiger partial charge >= 0.3 is 0 Å². The van der Waals surface area contributed by atoms with Gasteiger partial charge in [0.15, 0.2) is 0 Å². The van der Waals surface area contributed by atoms with Crippen LogP contribution in [-0.4, -0.2) is 60.8 Å². The molecule has 38 heavy (non-hydrogen) atoms. The van der Waals surface area contributed by atoms with E-state index >= 15 is 0 Å².